The number of piperidine rings is 1. The number of rotatable bonds is 5. The normalized spacial score (nSPS) is 15.5. The minimum atomic E-state index is -0.0741. The van der Waals surface area contributed by atoms with Gasteiger partial charge in [0.25, 0.3) is 11.8 Å². The van der Waals surface area contributed by atoms with E-state index in [0.717, 1.165) is 59.8 Å². The molecule has 1 aromatic heterocycles. The van der Waals surface area contributed by atoms with Gasteiger partial charge >= 0.3 is 0 Å². The summed E-state index contributed by atoms with van der Waals surface area (Å²) in [6, 6.07) is 27.7. The first kappa shape index (κ1) is 26.8. The number of fused-ring (bicyclic) bond motifs is 2. The molecule has 0 aliphatic carbocycles. The van der Waals surface area contributed by atoms with Gasteiger partial charge in [-0.25, -0.2) is 0 Å². The molecule has 3 heterocycles. The van der Waals surface area contributed by atoms with E-state index in [1.807, 2.05) is 102 Å². The number of hydrogen-bond acceptors (Lipinski definition) is 4. The minimum absolute atomic E-state index is 0.0370. The fraction of sp³-hybridized carbons (Fsp3) is 0.294. The van der Waals surface area contributed by atoms with Crippen LogP contribution in [0.25, 0.3) is 11.1 Å². The van der Waals surface area contributed by atoms with Crippen molar-refractivity contribution in [2.45, 2.75) is 32.0 Å². The molecule has 0 spiro atoms. The maximum absolute atomic E-state index is 14.0. The molecule has 2 amide bonds. The molecule has 1 saturated heterocycles. The average Bonchev–Trinajstić information content (AvgIpc) is 3.33. The monoisotopic (exact) mass is 548 g/mol. The Bertz CT molecular complexity index is 1570. The van der Waals surface area contributed by atoms with Crippen LogP contribution in [0.3, 0.4) is 0 Å². The summed E-state index contributed by atoms with van der Waals surface area (Å²) in [5.74, 6) is 0.755. The van der Waals surface area contributed by atoms with Gasteiger partial charge in [-0.1, -0.05) is 48.5 Å². The van der Waals surface area contributed by atoms with E-state index in [2.05, 4.69) is 16.5 Å². The molecule has 1 fully saturated rings. The van der Waals surface area contributed by atoms with Crippen LogP contribution in [0.2, 0.25) is 0 Å². The molecule has 7 nitrogen and oxygen atoms in total. The van der Waals surface area contributed by atoms with Gasteiger partial charge in [-0.2, -0.15) is 0 Å². The van der Waals surface area contributed by atoms with Crippen molar-refractivity contribution in [3.05, 3.63) is 107 Å². The fourth-order valence-corrected chi connectivity index (χ4v) is 6.09. The minimum Gasteiger partial charge on any atom is -0.496 e. The molecule has 0 bridgehead atoms. The van der Waals surface area contributed by atoms with Crippen LogP contribution in [0.4, 0.5) is 5.69 Å². The first-order valence-corrected chi connectivity index (χ1v) is 14.2. The largest absolute Gasteiger partial charge is 0.496 e. The van der Waals surface area contributed by atoms with Gasteiger partial charge in [0, 0.05) is 35.6 Å². The molecule has 2 aliphatic heterocycles. The number of carbonyl (C=O) groups excluding carboxylic acids is 2. The topological polar surface area (TPSA) is 58.0 Å². The van der Waals surface area contributed by atoms with Gasteiger partial charge in [0.15, 0.2) is 0 Å². The van der Waals surface area contributed by atoms with Crippen LogP contribution in [0.15, 0.2) is 84.9 Å². The van der Waals surface area contributed by atoms with E-state index in [1.165, 1.54) is 0 Å². The van der Waals surface area contributed by atoms with Crippen molar-refractivity contribution in [2.75, 3.05) is 39.2 Å². The lowest BCUT2D eigenvalue weighted by atomic mass is 10.0. The SMILES string of the molecule is COc1ccccc1-c1ccc(C(=O)N2Cc3ccc(C(=O)N(C)C4CCN(C)CC4)n3Cc3ccccc32)cc1. The van der Waals surface area contributed by atoms with E-state index in [1.54, 1.807) is 7.11 Å². The van der Waals surface area contributed by atoms with E-state index in [0.29, 0.717) is 24.3 Å². The second-order valence-electron chi connectivity index (χ2n) is 11.0. The first-order chi connectivity index (χ1) is 19.9. The Morgan fingerprint density at radius 1 is 0.854 bits per heavy atom. The van der Waals surface area contributed by atoms with Gasteiger partial charge in [-0.05, 0) is 80.5 Å². The number of para-hydroxylation sites is 2. The second kappa shape index (κ2) is 11.3. The quantitative estimate of drug-likeness (QED) is 0.329. The number of aromatic nitrogens is 1. The van der Waals surface area contributed by atoms with Crippen LogP contribution in [-0.4, -0.2) is 66.5 Å². The van der Waals surface area contributed by atoms with Crippen LogP contribution in [-0.2, 0) is 13.1 Å². The Morgan fingerprint density at radius 3 is 2.32 bits per heavy atom. The number of ether oxygens (including phenoxy) is 1. The fourth-order valence-electron chi connectivity index (χ4n) is 6.09. The molecule has 3 aromatic carbocycles. The zero-order valence-electron chi connectivity index (χ0n) is 23.9. The molecule has 6 rings (SSSR count). The van der Waals surface area contributed by atoms with Crippen molar-refractivity contribution in [1.29, 1.82) is 0 Å². The number of hydrogen-bond donors (Lipinski definition) is 0. The summed E-state index contributed by atoms with van der Waals surface area (Å²) in [5.41, 5.74) is 6.08. The Kier molecular flexibility index (Phi) is 7.37. The van der Waals surface area contributed by atoms with E-state index in [4.69, 9.17) is 4.74 Å². The Morgan fingerprint density at radius 2 is 1.56 bits per heavy atom. The van der Waals surface area contributed by atoms with E-state index in [-0.39, 0.29) is 17.9 Å². The van der Waals surface area contributed by atoms with Gasteiger partial charge in [0.2, 0.25) is 0 Å². The molecule has 210 valence electrons. The maximum atomic E-state index is 14.0. The molecule has 0 N–H and O–H groups in total. The summed E-state index contributed by atoms with van der Waals surface area (Å²) < 4.78 is 7.61. The van der Waals surface area contributed by atoms with Crippen LogP contribution < -0.4 is 9.64 Å². The van der Waals surface area contributed by atoms with Crippen LogP contribution >= 0.6 is 0 Å². The van der Waals surface area contributed by atoms with Crippen molar-refractivity contribution < 1.29 is 14.3 Å². The number of benzene rings is 3. The molecule has 4 aromatic rings. The summed E-state index contributed by atoms with van der Waals surface area (Å²) >= 11 is 0. The zero-order chi connectivity index (χ0) is 28.5. The number of anilines is 1. The Hall–Kier alpha value is -4.36. The van der Waals surface area contributed by atoms with Gasteiger partial charge < -0.3 is 24.0 Å². The van der Waals surface area contributed by atoms with Crippen molar-refractivity contribution in [3.63, 3.8) is 0 Å². The highest BCUT2D eigenvalue weighted by Crippen LogP contribution is 2.33. The van der Waals surface area contributed by atoms with E-state index in [9.17, 15) is 9.59 Å². The molecular weight excluding hydrogens is 512 g/mol. The number of nitrogens with zero attached hydrogens (tertiary/aromatic N) is 4. The van der Waals surface area contributed by atoms with Gasteiger partial charge in [0.1, 0.15) is 11.4 Å². The van der Waals surface area contributed by atoms with Crippen LogP contribution in [0.5, 0.6) is 5.75 Å². The summed E-state index contributed by atoms with van der Waals surface area (Å²) in [7, 11) is 5.72. The molecule has 41 heavy (non-hydrogen) atoms. The summed E-state index contributed by atoms with van der Waals surface area (Å²) in [5, 5.41) is 0. The van der Waals surface area contributed by atoms with E-state index < -0.39 is 0 Å². The highest BCUT2D eigenvalue weighted by atomic mass is 16.5. The lowest BCUT2D eigenvalue weighted by Gasteiger charge is -2.35. The molecule has 0 radical (unpaired) electrons. The Labute approximate surface area is 241 Å². The molecule has 0 saturated carbocycles. The highest BCUT2D eigenvalue weighted by Gasteiger charge is 2.30. The number of amides is 2. The predicted molar refractivity (Wildman–Crippen MR) is 162 cm³/mol. The van der Waals surface area contributed by atoms with Crippen molar-refractivity contribution in [3.8, 4) is 16.9 Å². The second-order valence-corrected chi connectivity index (χ2v) is 11.0. The van der Waals surface area contributed by atoms with Crippen molar-refractivity contribution in [1.82, 2.24) is 14.4 Å². The van der Waals surface area contributed by atoms with Crippen LogP contribution in [0, 0.1) is 0 Å². The lowest BCUT2D eigenvalue weighted by Crippen LogP contribution is -2.45. The number of methoxy groups -OCH3 is 1. The number of carbonyl (C=O) groups is 2. The smallest absolute Gasteiger partial charge is 0.270 e. The predicted octanol–water partition coefficient (Wildman–Crippen LogP) is 5.54. The van der Waals surface area contributed by atoms with Gasteiger partial charge in [0.05, 0.1) is 20.2 Å². The average molecular weight is 549 g/mol. The molecule has 0 atom stereocenters. The first-order valence-electron chi connectivity index (χ1n) is 14.2. The standard InChI is InChI=1S/C34H36N4O3/c1-35-20-18-27(19-21-35)36(2)34(40)31-17-16-28-23-38(30-10-6-4-8-26(30)22-37(28)31)33(39)25-14-12-24(13-15-25)29-9-5-7-11-32(29)41-3/h4-17,27H,18-23H2,1-3H3. The molecule has 7 heteroatoms. The van der Waals surface area contributed by atoms with Crippen molar-refractivity contribution in [2.24, 2.45) is 0 Å². The zero-order valence-corrected chi connectivity index (χ0v) is 23.9. The summed E-state index contributed by atoms with van der Waals surface area (Å²) in [6.07, 6.45) is 1.96. The Balaban J connectivity index is 1.29. The van der Waals surface area contributed by atoms with Gasteiger partial charge in [-0.3, -0.25) is 9.59 Å². The highest BCUT2D eigenvalue weighted by molar-refractivity contribution is 6.07. The van der Waals surface area contributed by atoms with Gasteiger partial charge in [-0.15, -0.1) is 0 Å². The molecule has 0 unspecified atom stereocenters. The van der Waals surface area contributed by atoms with Crippen LogP contribution in [0.1, 0.15) is 44.9 Å². The molecule has 2 aliphatic rings. The lowest BCUT2D eigenvalue weighted by molar-refractivity contribution is 0.0649. The summed E-state index contributed by atoms with van der Waals surface area (Å²) in [4.78, 5) is 33.8. The van der Waals surface area contributed by atoms with Crippen molar-refractivity contribution >= 4 is 17.5 Å². The third kappa shape index (κ3) is 5.13. The molecular formula is C34H36N4O3. The van der Waals surface area contributed by atoms with E-state index >= 15 is 0 Å². The maximum Gasteiger partial charge on any atom is 0.270 e. The third-order valence-corrected chi connectivity index (χ3v) is 8.57. The summed E-state index contributed by atoms with van der Waals surface area (Å²) in [6.45, 7) is 2.92. The third-order valence-electron chi connectivity index (χ3n) is 8.57. The number of likely N-dealkylation sites (tertiary alicyclic amines) is 1.